The van der Waals surface area contributed by atoms with Crippen LogP contribution in [0.15, 0.2) is 30.5 Å². The standard InChI is InChI=1S/C14H16N2S/c17-14-15-9-13(16-14)8-10-5-6-11-3-1-2-4-12(11)7-10/h1-4,9-10H,5-8H2,(H2,15,16,17). The van der Waals surface area contributed by atoms with Crippen LogP contribution >= 0.6 is 12.2 Å². The van der Waals surface area contributed by atoms with Crippen LogP contribution in [0.1, 0.15) is 23.2 Å². The molecule has 0 saturated carbocycles. The molecule has 0 spiro atoms. The summed E-state index contributed by atoms with van der Waals surface area (Å²) in [5.41, 5.74) is 4.29. The van der Waals surface area contributed by atoms with E-state index in [4.69, 9.17) is 12.2 Å². The Morgan fingerprint density at radius 2 is 2.06 bits per heavy atom. The van der Waals surface area contributed by atoms with E-state index in [9.17, 15) is 0 Å². The van der Waals surface area contributed by atoms with Gasteiger partial charge in [0.15, 0.2) is 4.77 Å². The molecule has 0 aliphatic heterocycles. The van der Waals surface area contributed by atoms with Crippen LogP contribution in [-0.4, -0.2) is 9.97 Å². The normalized spacial score (nSPS) is 18.9. The van der Waals surface area contributed by atoms with Gasteiger partial charge in [-0.2, -0.15) is 0 Å². The van der Waals surface area contributed by atoms with Crippen molar-refractivity contribution >= 4 is 12.2 Å². The van der Waals surface area contributed by atoms with E-state index in [1.54, 1.807) is 0 Å². The van der Waals surface area contributed by atoms with Crippen molar-refractivity contribution in [1.82, 2.24) is 9.97 Å². The van der Waals surface area contributed by atoms with E-state index in [2.05, 4.69) is 34.2 Å². The Morgan fingerprint density at radius 1 is 1.24 bits per heavy atom. The number of fused-ring (bicyclic) bond motifs is 1. The molecule has 17 heavy (non-hydrogen) atoms. The predicted molar refractivity (Wildman–Crippen MR) is 71.6 cm³/mol. The molecule has 1 aliphatic rings. The zero-order valence-corrected chi connectivity index (χ0v) is 10.5. The lowest BCUT2D eigenvalue weighted by Crippen LogP contribution is -2.16. The number of hydrogen-bond acceptors (Lipinski definition) is 1. The molecule has 0 bridgehead atoms. The van der Waals surface area contributed by atoms with Crippen LogP contribution in [0.2, 0.25) is 0 Å². The van der Waals surface area contributed by atoms with E-state index in [0.717, 1.165) is 17.1 Å². The number of aromatic nitrogens is 2. The summed E-state index contributed by atoms with van der Waals surface area (Å²) in [6.45, 7) is 0. The van der Waals surface area contributed by atoms with Crippen molar-refractivity contribution in [3.63, 3.8) is 0 Å². The van der Waals surface area contributed by atoms with E-state index in [1.807, 2.05) is 6.20 Å². The number of aryl methyl sites for hydroxylation is 1. The zero-order valence-electron chi connectivity index (χ0n) is 9.70. The summed E-state index contributed by atoms with van der Waals surface area (Å²) >= 11 is 5.05. The van der Waals surface area contributed by atoms with Crippen molar-refractivity contribution in [2.75, 3.05) is 0 Å². The summed E-state index contributed by atoms with van der Waals surface area (Å²) in [6.07, 6.45) is 6.79. The average Bonchev–Trinajstić information content (AvgIpc) is 2.75. The topological polar surface area (TPSA) is 31.6 Å². The highest BCUT2D eigenvalue weighted by Crippen LogP contribution is 2.27. The summed E-state index contributed by atoms with van der Waals surface area (Å²) in [5, 5.41) is 0. The van der Waals surface area contributed by atoms with E-state index in [0.29, 0.717) is 0 Å². The molecule has 1 aromatic carbocycles. The minimum Gasteiger partial charge on any atom is -0.337 e. The quantitative estimate of drug-likeness (QED) is 0.779. The van der Waals surface area contributed by atoms with Crippen molar-refractivity contribution < 1.29 is 0 Å². The average molecular weight is 244 g/mol. The Hall–Kier alpha value is -1.35. The van der Waals surface area contributed by atoms with Gasteiger partial charge in [0.2, 0.25) is 0 Å². The molecule has 88 valence electrons. The second-order valence-corrected chi connectivity index (χ2v) is 5.26. The Bertz CT molecular complexity index is 567. The van der Waals surface area contributed by atoms with Gasteiger partial charge in [-0.1, -0.05) is 24.3 Å². The molecule has 2 nitrogen and oxygen atoms in total. The molecule has 3 rings (SSSR count). The monoisotopic (exact) mass is 244 g/mol. The number of aromatic amines is 2. The van der Waals surface area contributed by atoms with Crippen LogP contribution in [0.5, 0.6) is 0 Å². The fraction of sp³-hybridized carbons (Fsp3) is 0.357. The van der Waals surface area contributed by atoms with Crippen LogP contribution in [0.4, 0.5) is 0 Å². The second-order valence-electron chi connectivity index (χ2n) is 4.85. The molecule has 0 amide bonds. The van der Waals surface area contributed by atoms with Gasteiger partial charge in [-0.15, -0.1) is 0 Å². The van der Waals surface area contributed by atoms with Gasteiger partial charge in [-0.3, -0.25) is 0 Å². The maximum Gasteiger partial charge on any atom is 0.174 e. The maximum absolute atomic E-state index is 5.05. The molecule has 2 N–H and O–H groups in total. The summed E-state index contributed by atoms with van der Waals surface area (Å²) in [7, 11) is 0. The van der Waals surface area contributed by atoms with Crippen molar-refractivity contribution in [1.29, 1.82) is 0 Å². The van der Waals surface area contributed by atoms with E-state index in [-0.39, 0.29) is 0 Å². The molecule has 2 aromatic rings. The van der Waals surface area contributed by atoms with Crippen molar-refractivity contribution in [3.8, 4) is 0 Å². The SMILES string of the molecule is S=c1[nH]cc(CC2CCc3ccccc3C2)[nH]1. The highest BCUT2D eigenvalue weighted by atomic mass is 32.1. The van der Waals surface area contributed by atoms with Crippen molar-refractivity contribution in [2.24, 2.45) is 5.92 Å². The first kappa shape index (κ1) is 10.8. The summed E-state index contributed by atoms with van der Waals surface area (Å²) in [5.74, 6) is 0.742. The molecular weight excluding hydrogens is 228 g/mol. The first-order chi connectivity index (χ1) is 8.31. The van der Waals surface area contributed by atoms with E-state index >= 15 is 0 Å². The summed E-state index contributed by atoms with van der Waals surface area (Å²) in [6, 6.07) is 8.81. The maximum atomic E-state index is 5.05. The van der Waals surface area contributed by atoms with Gasteiger partial charge in [-0.05, 0) is 54.9 Å². The van der Waals surface area contributed by atoms with Gasteiger partial charge in [-0.25, -0.2) is 0 Å². The smallest absolute Gasteiger partial charge is 0.174 e. The predicted octanol–water partition coefficient (Wildman–Crippen LogP) is 3.42. The summed E-state index contributed by atoms with van der Waals surface area (Å²) < 4.78 is 0.733. The number of imidazole rings is 1. The van der Waals surface area contributed by atoms with Crippen LogP contribution in [0, 0.1) is 10.7 Å². The number of hydrogen-bond donors (Lipinski definition) is 2. The van der Waals surface area contributed by atoms with Crippen LogP contribution in [0.3, 0.4) is 0 Å². The van der Waals surface area contributed by atoms with Gasteiger partial charge in [0.05, 0.1) is 0 Å². The van der Waals surface area contributed by atoms with Crippen molar-refractivity contribution in [3.05, 3.63) is 52.1 Å². The number of H-pyrrole nitrogens is 2. The minimum absolute atomic E-state index is 0.733. The lowest BCUT2D eigenvalue weighted by molar-refractivity contribution is 0.452. The molecule has 1 aliphatic carbocycles. The largest absolute Gasteiger partial charge is 0.337 e. The Morgan fingerprint density at radius 3 is 2.82 bits per heavy atom. The highest BCUT2D eigenvalue weighted by molar-refractivity contribution is 7.71. The molecular formula is C14H16N2S. The highest BCUT2D eigenvalue weighted by Gasteiger charge is 2.18. The molecule has 1 heterocycles. The van der Waals surface area contributed by atoms with Gasteiger partial charge in [0.25, 0.3) is 0 Å². The lowest BCUT2D eigenvalue weighted by Gasteiger charge is -2.23. The second kappa shape index (κ2) is 4.49. The third-order valence-electron chi connectivity index (χ3n) is 3.61. The summed E-state index contributed by atoms with van der Waals surface area (Å²) in [4.78, 5) is 6.24. The third-order valence-corrected chi connectivity index (χ3v) is 3.83. The lowest BCUT2D eigenvalue weighted by atomic mass is 9.82. The molecule has 1 atom stereocenters. The Labute approximate surface area is 106 Å². The number of rotatable bonds is 2. The van der Waals surface area contributed by atoms with Gasteiger partial charge < -0.3 is 9.97 Å². The molecule has 1 unspecified atom stereocenters. The number of nitrogens with one attached hydrogen (secondary N) is 2. The fourth-order valence-electron chi connectivity index (χ4n) is 2.74. The Balaban J connectivity index is 1.74. The molecule has 1 aromatic heterocycles. The molecule has 3 heteroatoms. The van der Waals surface area contributed by atoms with Crippen LogP contribution in [0.25, 0.3) is 0 Å². The molecule has 0 fully saturated rings. The zero-order chi connectivity index (χ0) is 11.7. The number of benzene rings is 1. The van der Waals surface area contributed by atoms with Crippen LogP contribution < -0.4 is 0 Å². The van der Waals surface area contributed by atoms with Crippen molar-refractivity contribution in [2.45, 2.75) is 25.7 Å². The third kappa shape index (κ3) is 2.34. The van der Waals surface area contributed by atoms with Gasteiger partial charge in [0.1, 0.15) is 0 Å². The van der Waals surface area contributed by atoms with Crippen LogP contribution in [-0.2, 0) is 19.3 Å². The fourth-order valence-corrected chi connectivity index (χ4v) is 2.93. The van der Waals surface area contributed by atoms with E-state index < -0.39 is 0 Å². The first-order valence-corrected chi connectivity index (χ1v) is 6.55. The Kier molecular flexibility index (Phi) is 2.85. The molecule has 0 saturated heterocycles. The van der Waals surface area contributed by atoms with Gasteiger partial charge in [0, 0.05) is 11.9 Å². The van der Waals surface area contributed by atoms with Gasteiger partial charge >= 0.3 is 0 Å². The minimum atomic E-state index is 0.733. The molecule has 0 radical (unpaired) electrons. The van der Waals surface area contributed by atoms with E-state index in [1.165, 1.54) is 36.1 Å². The first-order valence-electron chi connectivity index (χ1n) is 6.14.